The number of hydrogen-bond donors (Lipinski definition) is 1. The maximum Gasteiger partial charge on any atom is 0.133 e. The zero-order valence-corrected chi connectivity index (χ0v) is 12.7. The standard InChI is InChI=1S/C15H23N5/c1-12(2)18-10-13-6-5-7-17-15(13)20(4)11-14-16-8-9-19(14)3/h5-9,12,18H,10-11H2,1-4H3. The highest BCUT2D eigenvalue weighted by molar-refractivity contribution is 5.46. The van der Waals surface area contributed by atoms with Gasteiger partial charge in [0.2, 0.25) is 0 Å². The Morgan fingerprint density at radius 2 is 2.10 bits per heavy atom. The van der Waals surface area contributed by atoms with Crippen molar-refractivity contribution in [3.05, 3.63) is 42.1 Å². The second kappa shape index (κ2) is 6.52. The van der Waals surface area contributed by atoms with Gasteiger partial charge in [-0.15, -0.1) is 0 Å². The third-order valence-corrected chi connectivity index (χ3v) is 3.23. The molecule has 0 aliphatic carbocycles. The Morgan fingerprint density at radius 3 is 2.75 bits per heavy atom. The lowest BCUT2D eigenvalue weighted by Gasteiger charge is -2.21. The first-order valence-electron chi connectivity index (χ1n) is 6.92. The van der Waals surface area contributed by atoms with Gasteiger partial charge in [0.15, 0.2) is 0 Å². The summed E-state index contributed by atoms with van der Waals surface area (Å²) in [5.41, 5.74) is 1.21. The van der Waals surface area contributed by atoms with Crippen molar-refractivity contribution < 1.29 is 0 Å². The fraction of sp³-hybridized carbons (Fsp3) is 0.467. The number of aryl methyl sites for hydroxylation is 1. The van der Waals surface area contributed by atoms with Crippen LogP contribution in [0.5, 0.6) is 0 Å². The molecule has 5 heteroatoms. The van der Waals surface area contributed by atoms with Gasteiger partial charge >= 0.3 is 0 Å². The van der Waals surface area contributed by atoms with Gasteiger partial charge in [0.1, 0.15) is 11.6 Å². The maximum atomic E-state index is 4.52. The molecule has 0 spiro atoms. The van der Waals surface area contributed by atoms with Crippen LogP contribution in [0.25, 0.3) is 0 Å². The van der Waals surface area contributed by atoms with Crippen LogP contribution in [0, 0.1) is 0 Å². The van der Waals surface area contributed by atoms with Crippen LogP contribution < -0.4 is 10.2 Å². The molecule has 0 fully saturated rings. The highest BCUT2D eigenvalue weighted by Crippen LogP contribution is 2.17. The second-order valence-electron chi connectivity index (χ2n) is 5.33. The van der Waals surface area contributed by atoms with Crippen molar-refractivity contribution in [2.45, 2.75) is 33.0 Å². The van der Waals surface area contributed by atoms with Crippen LogP contribution in [-0.2, 0) is 20.1 Å². The van der Waals surface area contributed by atoms with Gasteiger partial charge in [0.05, 0.1) is 6.54 Å². The van der Waals surface area contributed by atoms with Gasteiger partial charge in [-0.1, -0.05) is 19.9 Å². The third kappa shape index (κ3) is 3.57. The first kappa shape index (κ1) is 14.5. The van der Waals surface area contributed by atoms with Gasteiger partial charge < -0.3 is 14.8 Å². The van der Waals surface area contributed by atoms with Crippen LogP contribution in [0.2, 0.25) is 0 Å². The van der Waals surface area contributed by atoms with Gasteiger partial charge in [-0.05, 0) is 6.07 Å². The third-order valence-electron chi connectivity index (χ3n) is 3.23. The average Bonchev–Trinajstić information content (AvgIpc) is 2.82. The molecule has 2 rings (SSSR count). The summed E-state index contributed by atoms with van der Waals surface area (Å²) in [6.45, 7) is 5.86. The minimum atomic E-state index is 0.461. The highest BCUT2D eigenvalue weighted by Gasteiger charge is 2.11. The lowest BCUT2D eigenvalue weighted by Crippen LogP contribution is -2.26. The predicted molar refractivity (Wildman–Crippen MR) is 81.5 cm³/mol. The fourth-order valence-corrected chi connectivity index (χ4v) is 2.06. The molecular formula is C15H23N5. The molecule has 0 radical (unpaired) electrons. The van der Waals surface area contributed by atoms with Crippen LogP contribution in [0.4, 0.5) is 5.82 Å². The molecular weight excluding hydrogens is 250 g/mol. The summed E-state index contributed by atoms with van der Waals surface area (Å²) < 4.78 is 2.03. The molecule has 0 unspecified atom stereocenters. The van der Waals surface area contributed by atoms with E-state index in [0.717, 1.165) is 24.7 Å². The number of nitrogens with one attached hydrogen (secondary N) is 1. The number of imidazole rings is 1. The molecule has 108 valence electrons. The number of nitrogens with zero attached hydrogens (tertiary/aromatic N) is 4. The van der Waals surface area contributed by atoms with Gasteiger partial charge in [0.25, 0.3) is 0 Å². The normalized spacial score (nSPS) is 11.1. The van der Waals surface area contributed by atoms with E-state index >= 15 is 0 Å². The number of hydrogen-bond acceptors (Lipinski definition) is 4. The Hall–Kier alpha value is -1.88. The number of rotatable bonds is 6. The summed E-state index contributed by atoms with van der Waals surface area (Å²) in [5.74, 6) is 2.03. The molecule has 20 heavy (non-hydrogen) atoms. The van der Waals surface area contributed by atoms with E-state index in [-0.39, 0.29) is 0 Å². The average molecular weight is 273 g/mol. The van der Waals surface area contributed by atoms with Crippen molar-refractivity contribution >= 4 is 5.82 Å². The molecule has 2 aromatic rings. The monoisotopic (exact) mass is 273 g/mol. The molecule has 2 heterocycles. The smallest absolute Gasteiger partial charge is 0.133 e. The number of aromatic nitrogens is 3. The Bertz CT molecular complexity index is 547. The van der Waals surface area contributed by atoms with E-state index in [9.17, 15) is 0 Å². The van der Waals surface area contributed by atoms with Gasteiger partial charge in [-0.2, -0.15) is 0 Å². The van der Waals surface area contributed by atoms with Crippen molar-refractivity contribution in [3.8, 4) is 0 Å². The van der Waals surface area contributed by atoms with Gasteiger partial charge in [-0.3, -0.25) is 0 Å². The summed E-state index contributed by atoms with van der Waals surface area (Å²) in [5, 5.41) is 3.44. The topological polar surface area (TPSA) is 46.0 Å². The largest absolute Gasteiger partial charge is 0.352 e. The van der Waals surface area contributed by atoms with E-state index in [1.54, 1.807) is 0 Å². The van der Waals surface area contributed by atoms with Crippen LogP contribution in [0.3, 0.4) is 0 Å². The first-order valence-corrected chi connectivity index (χ1v) is 6.92. The number of anilines is 1. The maximum absolute atomic E-state index is 4.52. The summed E-state index contributed by atoms with van der Waals surface area (Å²) in [7, 11) is 4.06. The molecule has 0 saturated heterocycles. The van der Waals surface area contributed by atoms with Crippen LogP contribution in [0.1, 0.15) is 25.2 Å². The molecule has 0 atom stereocenters. The minimum absolute atomic E-state index is 0.461. The lowest BCUT2D eigenvalue weighted by atomic mass is 10.2. The molecule has 5 nitrogen and oxygen atoms in total. The summed E-state index contributed by atoms with van der Waals surface area (Å²) in [6, 6.07) is 4.56. The molecule has 0 aliphatic heterocycles. The summed E-state index contributed by atoms with van der Waals surface area (Å²) >= 11 is 0. The van der Waals surface area contributed by atoms with Crippen LogP contribution >= 0.6 is 0 Å². The predicted octanol–water partition coefficient (Wildman–Crippen LogP) is 1.95. The van der Waals surface area contributed by atoms with E-state index in [1.807, 2.05) is 36.3 Å². The van der Waals surface area contributed by atoms with Crippen molar-refractivity contribution in [2.75, 3.05) is 11.9 Å². The minimum Gasteiger partial charge on any atom is -0.352 e. The molecule has 2 aromatic heterocycles. The SMILES string of the molecule is CC(C)NCc1cccnc1N(C)Cc1nccn1C. The quantitative estimate of drug-likeness (QED) is 0.874. The zero-order valence-electron chi connectivity index (χ0n) is 12.7. The Labute approximate surface area is 120 Å². The van der Waals surface area contributed by atoms with E-state index < -0.39 is 0 Å². The van der Waals surface area contributed by atoms with Gasteiger partial charge in [0, 0.05) is 50.8 Å². The zero-order chi connectivity index (χ0) is 14.5. The number of pyridine rings is 1. The van der Waals surface area contributed by atoms with Crippen LogP contribution in [0.15, 0.2) is 30.7 Å². The second-order valence-corrected chi connectivity index (χ2v) is 5.33. The molecule has 0 aromatic carbocycles. The van der Waals surface area contributed by atoms with E-state index in [2.05, 4.69) is 47.1 Å². The van der Waals surface area contributed by atoms with Crippen molar-refractivity contribution in [1.29, 1.82) is 0 Å². The summed E-state index contributed by atoms with van der Waals surface area (Å²) in [6.07, 6.45) is 5.62. The van der Waals surface area contributed by atoms with Gasteiger partial charge in [-0.25, -0.2) is 9.97 Å². The van der Waals surface area contributed by atoms with E-state index in [0.29, 0.717) is 6.04 Å². The molecule has 1 N–H and O–H groups in total. The Morgan fingerprint density at radius 1 is 1.30 bits per heavy atom. The Kier molecular flexibility index (Phi) is 4.74. The first-order chi connectivity index (χ1) is 9.58. The summed E-state index contributed by atoms with van der Waals surface area (Å²) in [4.78, 5) is 11.0. The fourth-order valence-electron chi connectivity index (χ4n) is 2.06. The van der Waals surface area contributed by atoms with E-state index in [1.165, 1.54) is 5.56 Å². The molecule has 0 aliphatic rings. The van der Waals surface area contributed by atoms with Crippen molar-refractivity contribution in [2.24, 2.45) is 7.05 Å². The highest BCUT2D eigenvalue weighted by atomic mass is 15.2. The van der Waals surface area contributed by atoms with Crippen LogP contribution in [-0.4, -0.2) is 27.6 Å². The molecule has 0 bridgehead atoms. The molecule has 0 amide bonds. The lowest BCUT2D eigenvalue weighted by molar-refractivity contribution is 0.587. The van der Waals surface area contributed by atoms with Crippen molar-refractivity contribution in [1.82, 2.24) is 19.9 Å². The molecule has 0 saturated carbocycles. The van der Waals surface area contributed by atoms with Crippen molar-refractivity contribution in [3.63, 3.8) is 0 Å². The Balaban J connectivity index is 2.12. The van der Waals surface area contributed by atoms with E-state index in [4.69, 9.17) is 0 Å².